The molecule has 0 unspecified atom stereocenters. The van der Waals surface area contributed by atoms with Gasteiger partial charge in [-0.2, -0.15) is 0 Å². The van der Waals surface area contributed by atoms with E-state index in [9.17, 15) is 9.90 Å². The van der Waals surface area contributed by atoms with E-state index in [1.54, 1.807) is 13.8 Å². The Kier molecular flexibility index (Phi) is 4.37. The summed E-state index contributed by atoms with van der Waals surface area (Å²) in [5.74, 6) is 0.149. The lowest BCUT2D eigenvalue weighted by molar-refractivity contribution is -0.115. The number of amides is 1. The third-order valence-electron chi connectivity index (χ3n) is 2.69. The van der Waals surface area contributed by atoms with Crippen LogP contribution in [0.4, 0.5) is 11.4 Å². The van der Waals surface area contributed by atoms with Gasteiger partial charge < -0.3 is 15.7 Å². The van der Waals surface area contributed by atoms with Crippen molar-refractivity contribution in [3.8, 4) is 5.75 Å². The molecule has 0 spiro atoms. The molecule has 1 aromatic rings. The first-order valence-corrected chi connectivity index (χ1v) is 5.88. The molecule has 0 aliphatic heterocycles. The van der Waals surface area contributed by atoms with E-state index in [1.165, 1.54) is 0 Å². The molecule has 0 atom stereocenters. The first-order valence-electron chi connectivity index (χ1n) is 5.88. The molecular weight excluding hydrogens is 216 g/mol. The minimum atomic E-state index is -0.0493. The van der Waals surface area contributed by atoms with Gasteiger partial charge in [0.05, 0.1) is 11.4 Å². The quantitative estimate of drug-likeness (QED) is 0.704. The number of benzene rings is 1. The Bertz CT molecular complexity index is 428. The lowest BCUT2D eigenvalue weighted by atomic mass is 10.1. The van der Waals surface area contributed by atoms with Crippen LogP contribution < -0.4 is 10.6 Å². The zero-order chi connectivity index (χ0) is 13.0. The summed E-state index contributed by atoms with van der Waals surface area (Å²) < 4.78 is 0. The molecule has 3 N–H and O–H groups in total. The zero-order valence-electron chi connectivity index (χ0n) is 10.8. The highest BCUT2D eigenvalue weighted by Gasteiger charge is 2.13. The van der Waals surface area contributed by atoms with E-state index < -0.39 is 0 Å². The third kappa shape index (κ3) is 2.90. The van der Waals surface area contributed by atoms with Crippen molar-refractivity contribution in [1.82, 2.24) is 0 Å². The molecule has 4 nitrogen and oxygen atoms in total. The van der Waals surface area contributed by atoms with Crippen molar-refractivity contribution in [1.29, 1.82) is 0 Å². The molecule has 1 amide bonds. The monoisotopic (exact) mass is 236 g/mol. The maximum atomic E-state index is 11.4. The summed E-state index contributed by atoms with van der Waals surface area (Å²) in [7, 11) is 0. The van der Waals surface area contributed by atoms with Crippen molar-refractivity contribution in [3.63, 3.8) is 0 Å². The predicted molar refractivity (Wildman–Crippen MR) is 70.7 cm³/mol. The topological polar surface area (TPSA) is 61.4 Å². The fraction of sp³-hybridized carbons (Fsp3) is 0.462. The number of phenolic OH excluding ortho intramolecular Hbond substituents is 1. The molecule has 0 saturated heterocycles. The molecule has 0 bridgehead atoms. The van der Waals surface area contributed by atoms with Gasteiger partial charge in [0.1, 0.15) is 5.75 Å². The average Bonchev–Trinajstić information content (AvgIpc) is 2.31. The molecule has 0 aliphatic rings. The molecule has 1 aromatic carbocycles. The van der Waals surface area contributed by atoms with Crippen LogP contribution in [-0.4, -0.2) is 17.6 Å². The van der Waals surface area contributed by atoms with Gasteiger partial charge in [-0.15, -0.1) is 0 Å². The van der Waals surface area contributed by atoms with Crippen LogP contribution in [0.25, 0.3) is 0 Å². The van der Waals surface area contributed by atoms with Gasteiger partial charge in [0.25, 0.3) is 0 Å². The number of hydrogen-bond acceptors (Lipinski definition) is 3. The van der Waals surface area contributed by atoms with Crippen molar-refractivity contribution in [3.05, 3.63) is 17.2 Å². The van der Waals surface area contributed by atoms with Crippen LogP contribution in [0.5, 0.6) is 5.75 Å². The molecule has 0 fully saturated rings. The Morgan fingerprint density at radius 3 is 2.53 bits per heavy atom. The maximum absolute atomic E-state index is 11.4. The Morgan fingerprint density at radius 1 is 1.35 bits per heavy atom. The molecular formula is C13H20N2O2. The Balaban J connectivity index is 3.16. The lowest BCUT2D eigenvalue weighted by Gasteiger charge is -2.16. The molecule has 0 aromatic heterocycles. The van der Waals surface area contributed by atoms with Gasteiger partial charge >= 0.3 is 0 Å². The van der Waals surface area contributed by atoms with Gasteiger partial charge in [-0.3, -0.25) is 4.79 Å². The maximum Gasteiger partial charge on any atom is 0.224 e. The number of nitrogens with one attached hydrogen (secondary N) is 2. The summed E-state index contributed by atoms with van der Waals surface area (Å²) in [5, 5.41) is 15.9. The number of hydrogen-bond donors (Lipinski definition) is 3. The number of aryl methyl sites for hydroxylation is 1. The normalized spacial score (nSPS) is 10.1. The average molecular weight is 236 g/mol. The summed E-state index contributed by atoms with van der Waals surface area (Å²) in [6.45, 7) is 8.23. The van der Waals surface area contributed by atoms with E-state index in [2.05, 4.69) is 10.6 Å². The van der Waals surface area contributed by atoms with E-state index in [0.29, 0.717) is 23.4 Å². The molecule has 1 rings (SSSR count). The van der Waals surface area contributed by atoms with E-state index in [1.807, 2.05) is 19.9 Å². The summed E-state index contributed by atoms with van der Waals surface area (Å²) >= 11 is 0. The highest BCUT2D eigenvalue weighted by atomic mass is 16.3. The van der Waals surface area contributed by atoms with Crippen LogP contribution in [0.15, 0.2) is 6.07 Å². The van der Waals surface area contributed by atoms with Gasteiger partial charge in [0.2, 0.25) is 5.91 Å². The van der Waals surface area contributed by atoms with Crippen LogP contribution in [0.2, 0.25) is 0 Å². The number of phenols is 1. The molecule has 17 heavy (non-hydrogen) atoms. The SMILES string of the molecule is CCNc1cc(C)c(NC(=O)CC)c(C)c1O. The molecule has 94 valence electrons. The standard InChI is InChI=1S/C13H20N2O2/c1-5-11(16)15-12-8(3)7-10(14-6-2)13(17)9(12)4/h7,14,17H,5-6H2,1-4H3,(H,15,16). The lowest BCUT2D eigenvalue weighted by Crippen LogP contribution is -2.12. The minimum absolute atomic E-state index is 0.0493. The second kappa shape index (κ2) is 5.57. The molecule has 4 heteroatoms. The van der Waals surface area contributed by atoms with Crippen LogP contribution in [0, 0.1) is 13.8 Å². The van der Waals surface area contributed by atoms with Gasteiger partial charge in [-0.05, 0) is 32.4 Å². The fourth-order valence-corrected chi connectivity index (χ4v) is 1.72. The highest BCUT2D eigenvalue weighted by molar-refractivity contribution is 5.93. The summed E-state index contributed by atoms with van der Waals surface area (Å²) in [4.78, 5) is 11.4. The number of aromatic hydroxyl groups is 1. The number of rotatable bonds is 4. The van der Waals surface area contributed by atoms with Crippen LogP contribution in [0.3, 0.4) is 0 Å². The first-order chi connectivity index (χ1) is 8.01. The molecule has 0 radical (unpaired) electrons. The van der Waals surface area contributed by atoms with Gasteiger partial charge in [-0.1, -0.05) is 6.92 Å². The van der Waals surface area contributed by atoms with Crippen molar-refractivity contribution in [2.24, 2.45) is 0 Å². The molecule has 0 saturated carbocycles. The Morgan fingerprint density at radius 2 is 2.00 bits per heavy atom. The zero-order valence-corrected chi connectivity index (χ0v) is 10.8. The van der Waals surface area contributed by atoms with E-state index in [-0.39, 0.29) is 11.7 Å². The third-order valence-corrected chi connectivity index (χ3v) is 2.69. The fourth-order valence-electron chi connectivity index (χ4n) is 1.72. The first kappa shape index (κ1) is 13.4. The van der Waals surface area contributed by atoms with Crippen molar-refractivity contribution >= 4 is 17.3 Å². The highest BCUT2D eigenvalue weighted by Crippen LogP contribution is 2.35. The van der Waals surface area contributed by atoms with Crippen LogP contribution in [0.1, 0.15) is 31.4 Å². The number of anilines is 2. The van der Waals surface area contributed by atoms with Gasteiger partial charge in [-0.25, -0.2) is 0 Å². The van der Waals surface area contributed by atoms with Crippen molar-refractivity contribution < 1.29 is 9.90 Å². The second-order valence-electron chi connectivity index (χ2n) is 4.02. The number of carbonyl (C=O) groups excluding carboxylic acids is 1. The second-order valence-corrected chi connectivity index (χ2v) is 4.02. The van der Waals surface area contributed by atoms with E-state index in [0.717, 1.165) is 12.1 Å². The smallest absolute Gasteiger partial charge is 0.224 e. The van der Waals surface area contributed by atoms with E-state index >= 15 is 0 Å². The Labute approximate surface area is 102 Å². The predicted octanol–water partition coefficient (Wildman–Crippen LogP) is 2.79. The Hall–Kier alpha value is -1.71. The largest absolute Gasteiger partial charge is 0.505 e. The van der Waals surface area contributed by atoms with Gasteiger partial charge in [0, 0.05) is 18.5 Å². The number of carbonyl (C=O) groups is 1. The molecule has 0 heterocycles. The van der Waals surface area contributed by atoms with E-state index in [4.69, 9.17) is 0 Å². The minimum Gasteiger partial charge on any atom is -0.505 e. The van der Waals surface area contributed by atoms with Crippen molar-refractivity contribution in [2.45, 2.75) is 34.1 Å². The van der Waals surface area contributed by atoms with Crippen LogP contribution in [-0.2, 0) is 4.79 Å². The van der Waals surface area contributed by atoms with Crippen molar-refractivity contribution in [2.75, 3.05) is 17.2 Å². The van der Waals surface area contributed by atoms with Crippen LogP contribution >= 0.6 is 0 Å². The summed E-state index contributed by atoms with van der Waals surface area (Å²) in [6.07, 6.45) is 0.425. The van der Waals surface area contributed by atoms with Gasteiger partial charge in [0.15, 0.2) is 0 Å². The summed E-state index contributed by atoms with van der Waals surface area (Å²) in [6, 6.07) is 1.84. The summed E-state index contributed by atoms with van der Waals surface area (Å²) in [5.41, 5.74) is 3.05. The molecule has 0 aliphatic carbocycles.